The smallest absolute Gasteiger partial charge is 0.315 e. The lowest BCUT2D eigenvalue weighted by molar-refractivity contribution is 0.248. The summed E-state index contributed by atoms with van der Waals surface area (Å²) in [4.78, 5) is 20.7. The van der Waals surface area contributed by atoms with Crippen LogP contribution in [-0.2, 0) is 6.54 Å². The third-order valence-electron chi connectivity index (χ3n) is 4.81. The maximum absolute atomic E-state index is 14.5. The first-order valence-electron chi connectivity index (χ1n) is 8.27. The van der Waals surface area contributed by atoms with E-state index in [0.717, 1.165) is 29.8 Å². The second-order valence-electron chi connectivity index (χ2n) is 6.43. The van der Waals surface area contributed by atoms with Crippen LogP contribution in [0.4, 0.5) is 20.6 Å². The summed E-state index contributed by atoms with van der Waals surface area (Å²) < 4.78 is 14.5. The minimum atomic E-state index is -0.400. The summed E-state index contributed by atoms with van der Waals surface area (Å²) in [5, 5.41) is 3.62. The third-order valence-corrected chi connectivity index (χ3v) is 5.02. The molecule has 2 aromatic rings. The average Bonchev–Trinajstić information content (AvgIpc) is 3.09. The Kier molecular flexibility index (Phi) is 4.09. The Bertz CT molecular complexity index is 818. The Labute approximate surface area is 150 Å². The Morgan fingerprint density at radius 2 is 2.24 bits per heavy atom. The van der Waals surface area contributed by atoms with Crippen molar-refractivity contribution in [2.75, 3.05) is 22.9 Å². The SMILES string of the molecule is Cc1cccc(F)c1N1Cc2cnc(Cl)cc2N([C@H]2CCNC2)C1=O. The molecule has 1 aromatic carbocycles. The fourth-order valence-corrected chi connectivity index (χ4v) is 3.77. The number of para-hydroxylation sites is 1. The van der Waals surface area contributed by atoms with Crippen molar-refractivity contribution in [1.82, 2.24) is 10.3 Å². The van der Waals surface area contributed by atoms with Crippen molar-refractivity contribution in [3.63, 3.8) is 0 Å². The standard InChI is InChI=1S/C18H18ClFN4O/c1-11-3-2-4-14(20)17(11)23-10-12-8-22-16(19)7-15(12)24(18(23)25)13-5-6-21-9-13/h2-4,7-8,13,21H,5-6,9-10H2,1H3/t13-/m0/s1. The molecular weight excluding hydrogens is 343 g/mol. The molecule has 0 saturated carbocycles. The molecule has 2 aliphatic heterocycles. The van der Waals surface area contributed by atoms with Crippen LogP contribution >= 0.6 is 11.6 Å². The molecule has 1 fully saturated rings. The number of hydrogen-bond acceptors (Lipinski definition) is 3. The van der Waals surface area contributed by atoms with Crippen LogP contribution in [0.2, 0.25) is 5.15 Å². The average molecular weight is 361 g/mol. The maximum atomic E-state index is 14.5. The molecule has 0 bridgehead atoms. The molecule has 25 heavy (non-hydrogen) atoms. The predicted octanol–water partition coefficient (Wildman–Crippen LogP) is 3.49. The quantitative estimate of drug-likeness (QED) is 0.834. The van der Waals surface area contributed by atoms with Crippen LogP contribution in [0.15, 0.2) is 30.5 Å². The number of benzene rings is 1. The molecule has 5 nitrogen and oxygen atoms in total. The molecule has 4 rings (SSSR count). The molecule has 1 aromatic heterocycles. The zero-order chi connectivity index (χ0) is 17.6. The monoisotopic (exact) mass is 360 g/mol. The summed E-state index contributed by atoms with van der Waals surface area (Å²) in [6.07, 6.45) is 2.51. The number of nitrogens with one attached hydrogen (secondary N) is 1. The molecule has 1 N–H and O–H groups in total. The molecule has 7 heteroatoms. The van der Waals surface area contributed by atoms with E-state index in [0.29, 0.717) is 17.4 Å². The van der Waals surface area contributed by atoms with Crippen LogP contribution in [-0.4, -0.2) is 30.1 Å². The van der Waals surface area contributed by atoms with Gasteiger partial charge in [0.25, 0.3) is 0 Å². The van der Waals surface area contributed by atoms with Gasteiger partial charge in [-0.15, -0.1) is 0 Å². The zero-order valence-electron chi connectivity index (χ0n) is 13.8. The van der Waals surface area contributed by atoms with Gasteiger partial charge < -0.3 is 5.32 Å². The van der Waals surface area contributed by atoms with Gasteiger partial charge in [0.05, 0.1) is 24.0 Å². The number of aromatic nitrogens is 1. The topological polar surface area (TPSA) is 48.5 Å². The fourth-order valence-electron chi connectivity index (χ4n) is 3.62. The zero-order valence-corrected chi connectivity index (χ0v) is 14.6. The Balaban J connectivity index is 1.84. The van der Waals surface area contributed by atoms with Gasteiger partial charge in [0.15, 0.2) is 0 Å². The van der Waals surface area contributed by atoms with Gasteiger partial charge >= 0.3 is 6.03 Å². The highest BCUT2D eigenvalue weighted by Crippen LogP contribution is 2.37. The van der Waals surface area contributed by atoms with Crippen molar-refractivity contribution in [1.29, 1.82) is 0 Å². The van der Waals surface area contributed by atoms with E-state index < -0.39 is 5.82 Å². The molecular formula is C18H18ClFN4O. The highest BCUT2D eigenvalue weighted by Gasteiger charge is 2.38. The number of urea groups is 1. The van der Waals surface area contributed by atoms with E-state index in [1.165, 1.54) is 11.0 Å². The Morgan fingerprint density at radius 1 is 1.40 bits per heavy atom. The van der Waals surface area contributed by atoms with Crippen LogP contribution in [0.25, 0.3) is 0 Å². The number of hydrogen-bond donors (Lipinski definition) is 1. The highest BCUT2D eigenvalue weighted by molar-refractivity contribution is 6.29. The van der Waals surface area contributed by atoms with Gasteiger partial charge in [-0.1, -0.05) is 23.7 Å². The first kappa shape index (κ1) is 16.3. The van der Waals surface area contributed by atoms with Crippen LogP contribution in [0, 0.1) is 12.7 Å². The van der Waals surface area contributed by atoms with Crippen LogP contribution in [0.5, 0.6) is 0 Å². The minimum absolute atomic E-state index is 0.0135. The van der Waals surface area contributed by atoms with E-state index in [1.807, 2.05) is 13.0 Å². The van der Waals surface area contributed by atoms with Crippen molar-refractivity contribution < 1.29 is 9.18 Å². The van der Waals surface area contributed by atoms with Gasteiger partial charge in [0.1, 0.15) is 11.0 Å². The summed E-state index contributed by atoms with van der Waals surface area (Å²) in [6.45, 7) is 3.64. The van der Waals surface area contributed by atoms with Gasteiger partial charge in [0.2, 0.25) is 0 Å². The third kappa shape index (κ3) is 2.75. The van der Waals surface area contributed by atoms with Crippen molar-refractivity contribution in [2.45, 2.75) is 25.9 Å². The molecule has 2 amide bonds. The molecule has 3 heterocycles. The Morgan fingerprint density at radius 3 is 2.96 bits per heavy atom. The number of anilines is 2. The normalized spacial score (nSPS) is 20.1. The summed E-state index contributed by atoms with van der Waals surface area (Å²) >= 11 is 6.06. The number of rotatable bonds is 2. The highest BCUT2D eigenvalue weighted by atomic mass is 35.5. The first-order chi connectivity index (χ1) is 12.1. The van der Waals surface area contributed by atoms with Crippen LogP contribution < -0.4 is 15.1 Å². The van der Waals surface area contributed by atoms with E-state index in [9.17, 15) is 9.18 Å². The number of amides is 2. The van der Waals surface area contributed by atoms with Gasteiger partial charge in [-0.05, 0) is 37.6 Å². The summed E-state index contributed by atoms with van der Waals surface area (Å²) in [5.74, 6) is -0.400. The van der Waals surface area contributed by atoms with E-state index in [1.54, 1.807) is 23.2 Å². The fraction of sp³-hybridized carbons (Fsp3) is 0.333. The van der Waals surface area contributed by atoms with Crippen molar-refractivity contribution >= 4 is 29.0 Å². The molecule has 0 aliphatic carbocycles. The lowest BCUT2D eigenvalue weighted by Crippen LogP contribution is -2.53. The molecule has 2 aliphatic rings. The number of pyridine rings is 1. The predicted molar refractivity (Wildman–Crippen MR) is 95.7 cm³/mol. The second-order valence-corrected chi connectivity index (χ2v) is 6.81. The van der Waals surface area contributed by atoms with Crippen molar-refractivity contribution in [2.24, 2.45) is 0 Å². The van der Waals surface area contributed by atoms with E-state index in [2.05, 4.69) is 10.3 Å². The van der Waals surface area contributed by atoms with Crippen LogP contribution in [0.1, 0.15) is 17.5 Å². The molecule has 1 saturated heterocycles. The Hall–Kier alpha value is -2.18. The van der Waals surface area contributed by atoms with Gasteiger partial charge in [-0.2, -0.15) is 0 Å². The maximum Gasteiger partial charge on any atom is 0.329 e. The van der Waals surface area contributed by atoms with E-state index in [-0.39, 0.29) is 18.6 Å². The number of halogens is 2. The summed E-state index contributed by atoms with van der Waals surface area (Å²) in [7, 11) is 0. The lowest BCUT2D eigenvalue weighted by atomic mass is 10.1. The van der Waals surface area contributed by atoms with Gasteiger partial charge in [-0.25, -0.2) is 14.2 Å². The number of aryl methyl sites for hydroxylation is 1. The lowest BCUT2D eigenvalue weighted by Gasteiger charge is -2.40. The van der Waals surface area contributed by atoms with Crippen molar-refractivity contribution in [3.8, 4) is 0 Å². The molecule has 130 valence electrons. The second kappa shape index (κ2) is 6.28. The summed E-state index contributed by atoms with van der Waals surface area (Å²) in [6, 6.07) is 6.35. The van der Waals surface area contributed by atoms with E-state index in [4.69, 9.17) is 11.6 Å². The molecule has 0 spiro atoms. The molecule has 0 radical (unpaired) electrons. The largest absolute Gasteiger partial charge is 0.329 e. The number of nitrogens with zero attached hydrogens (tertiary/aromatic N) is 3. The van der Waals surface area contributed by atoms with Gasteiger partial charge in [0, 0.05) is 18.3 Å². The minimum Gasteiger partial charge on any atom is -0.315 e. The molecule has 1 atom stereocenters. The molecule has 0 unspecified atom stereocenters. The number of carbonyl (C=O) groups excluding carboxylic acids is 1. The number of carbonyl (C=O) groups is 1. The van der Waals surface area contributed by atoms with E-state index >= 15 is 0 Å². The van der Waals surface area contributed by atoms with Gasteiger partial charge in [-0.3, -0.25) is 9.80 Å². The van der Waals surface area contributed by atoms with Crippen LogP contribution in [0.3, 0.4) is 0 Å². The first-order valence-corrected chi connectivity index (χ1v) is 8.65. The summed E-state index contributed by atoms with van der Waals surface area (Å²) in [5.41, 5.74) is 2.68. The number of fused-ring (bicyclic) bond motifs is 1. The van der Waals surface area contributed by atoms with Crippen molar-refractivity contribution in [3.05, 3.63) is 52.6 Å².